The molecule has 100 valence electrons. The van der Waals surface area contributed by atoms with Gasteiger partial charge in [0.1, 0.15) is 0 Å². The van der Waals surface area contributed by atoms with Crippen LogP contribution in [-0.2, 0) is 7.05 Å². The van der Waals surface area contributed by atoms with Crippen molar-refractivity contribution in [3.8, 4) is 0 Å². The molecule has 18 heavy (non-hydrogen) atoms. The summed E-state index contributed by atoms with van der Waals surface area (Å²) >= 11 is 0. The van der Waals surface area contributed by atoms with Crippen molar-refractivity contribution < 1.29 is 4.79 Å². The number of carbonyl (C=O) groups is 1. The van der Waals surface area contributed by atoms with E-state index in [-0.39, 0.29) is 29.9 Å². The van der Waals surface area contributed by atoms with Gasteiger partial charge in [0.25, 0.3) is 11.5 Å². The number of aryl methyl sites for hydroxylation is 1. The van der Waals surface area contributed by atoms with Gasteiger partial charge in [0.05, 0.1) is 0 Å². The maximum absolute atomic E-state index is 12.2. The van der Waals surface area contributed by atoms with Crippen molar-refractivity contribution in [1.82, 2.24) is 14.8 Å². The molecule has 2 heterocycles. The average molecular weight is 272 g/mol. The van der Waals surface area contributed by atoms with Crippen molar-refractivity contribution in [2.45, 2.75) is 13.0 Å². The summed E-state index contributed by atoms with van der Waals surface area (Å²) in [6.07, 6.45) is 1.63. The first-order valence-electron chi connectivity index (χ1n) is 5.78. The number of pyridine rings is 1. The van der Waals surface area contributed by atoms with Crippen LogP contribution in [0, 0.1) is 0 Å². The summed E-state index contributed by atoms with van der Waals surface area (Å²) in [4.78, 5) is 25.5. The molecule has 6 heteroatoms. The molecular weight excluding hydrogens is 254 g/mol. The van der Waals surface area contributed by atoms with Crippen LogP contribution in [-0.4, -0.2) is 41.1 Å². The van der Waals surface area contributed by atoms with Crippen molar-refractivity contribution >= 4 is 18.3 Å². The highest BCUT2D eigenvalue weighted by atomic mass is 35.5. The Hall–Kier alpha value is -1.33. The fraction of sp³-hybridized carbons (Fsp3) is 0.500. The van der Waals surface area contributed by atoms with Crippen LogP contribution in [0.1, 0.15) is 17.3 Å². The lowest BCUT2D eigenvalue weighted by molar-refractivity contribution is 0.0655. The van der Waals surface area contributed by atoms with Gasteiger partial charge in [0, 0.05) is 50.6 Å². The van der Waals surface area contributed by atoms with Crippen molar-refractivity contribution in [1.29, 1.82) is 0 Å². The Bertz CT molecular complexity index is 486. The molecular formula is C12H18ClN3O2. The van der Waals surface area contributed by atoms with Gasteiger partial charge in [-0.25, -0.2) is 0 Å². The minimum atomic E-state index is -0.154. The molecule has 1 aliphatic rings. The van der Waals surface area contributed by atoms with Crippen LogP contribution in [0.15, 0.2) is 23.1 Å². The highest BCUT2D eigenvalue weighted by molar-refractivity contribution is 5.94. The fourth-order valence-corrected chi connectivity index (χ4v) is 1.99. The number of nitrogens with zero attached hydrogens (tertiary/aromatic N) is 2. The van der Waals surface area contributed by atoms with Gasteiger partial charge in [-0.1, -0.05) is 0 Å². The van der Waals surface area contributed by atoms with Gasteiger partial charge in [0.15, 0.2) is 0 Å². The Kier molecular flexibility index (Phi) is 4.93. The molecule has 2 rings (SSSR count). The third kappa shape index (κ3) is 2.91. The number of rotatable bonds is 1. The molecule has 0 spiro atoms. The molecule has 0 aliphatic carbocycles. The predicted octanol–water partition coefficient (Wildman–Crippen LogP) is 0.241. The lowest BCUT2D eigenvalue weighted by Crippen LogP contribution is -2.52. The lowest BCUT2D eigenvalue weighted by atomic mass is 10.1. The van der Waals surface area contributed by atoms with Crippen LogP contribution in [0.3, 0.4) is 0 Å². The molecule has 1 aromatic rings. The number of hydrogen-bond acceptors (Lipinski definition) is 3. The Morgan fingerprint density at radius 2 is 2.22 bits per heavy atom. The van der Waals surface area contributed by atoms with Crippen molar-refractivity contribution in [2.75, 3.05) is 19.6 Å². The zero-order valence-corrected chi connectivity index (χ0v) is 11.4. The van der Waals surface area contributed by atoms with E-state index >= 15 is 0 Å². The Balaban J connectivity index is 0.00000162. The molecule has 1 aromatic heterocycles. The van der Waals surface area contributed by atoms with Crippen LogP contribution in [0.4, 0.5) is 0 Å². The minimum Gasteiger partial charge on any atom is -0.333 e. The van der Waals surface area contributed by atoms with E-state index in [1.807, 2.05) is 11.8 Å². The Morgan fingerprint density at radius 1 is 1.50 bits per heavy atom. The first-order chi connectivity index (χ1) is 8.09. The van der Waals surface area contributed by atoms with E-state index in [4.69, 9.17) is 0 Å². The smallest absolute Gasteiger partial charge is 0.254 e. The molecule has 5 nitrogen and oxygen atoms in total. The summed E-state index contributed by atoms with van der Waals surface area (Å²) in [5.41, 5.74) is 0.320. The van der Waals surface area contributed by atoms with Gasteiger partial charge < -0.3 is 14.8 Å². The standard InChI is InChI=1S/C12H17N3O2.ClH/c1-9-8-13-4-6-15(9)12(17)10-3-5-14(2)11(16)7-10;/h3,5,7,9,13H,4,6,8H2,1-2H3;1H/t9-;/m1./s1. The van der Waals surface area contributed by atoms with Crippen molar-refractivity contribution in [2.24, 2.45) is 7.05 Å². The van der Waals surface area contributed by atoms with Gasteiger partial charge in [0.2, 0.25) is 0 Å². The van der Waals surface area contributed by atoms with Gasteiger partial charge in [-0.05, 0) is 13.0 Å². The minimum absolute atomic E-state index is 0. The monoisotopic (exact) mass is 271 g/mol. The van der Waals surface area contributed by atoms with Crippen LogP contribution >= 0.6 is 12.4 Å². The first-order valence-corrected chi connectivity index (χ1v) is 5.78. The molecule has 0 aromatic carbocycles. The average Bonchev–Trinajstić information content (AvgIpc) is 2.32. The van der Waals surface area contributed by atoms with Crippen LogP contribution in [0.2, 0.25) is 0 Å². The zero-order chi connectivity index (χ0) is 12.4. The Morgan fingerprint density at radius 3 is 2.83 bits per heavy atom. The van der Waals surface area contributed by atoms with Crippen LogP contribution < -0.4 is 10.9 Å². The second-order valence-corrected chi connectivity index (χ2v) is 4.42. The molecule has 0 radical (unpaired) electrons. The summed E-state index contributed by atoms with van der Waals surface area (Å²) in [6.45, 7) is 4.30. The van der Waals surface area contributed by atoms with Gasteiger partial charge in [-0.15, -0.1) is 12.4 Å². The maximum atomic E-state index is 12.2. The summed E-state index contributed by atoms with van der Waals surface area (Å²) in [7, 11) is 1.67. The first kappa shape index (κ1) is 14.7. The predicted molar refractivity (Wildman–Crippen MR) is 72.3 cm³/mol. The second-order valence-electron chi connectivity index (χ2n) is 4.42. The van der Waals surface area contributed by atoms with Crippen molar-refractivity contribution in [3.05, 3.63) is 34.2 Å². The van der Waals surface area contributed by atoms with E-state index in [0.29, 0.717) is 12.1 Å². The zero-order valence-electron chi connectivity index (χ0n) is 10.5. The second kappa shape index (κ2) is 6.02. The summed E-state index contributed by atoms with van der Waals surface area (Å²) in [6, 6.07) is 3.26. The van der Waals surface area contributed by atoms with E-state index in [1.54, 1.807) is 19.3 Å². The lowest BCUT2D eigenvalue weighted by Gasteiger charge is -2.34. The normalized spacial score (nSPS) is 19.2. The number of aromatic nitrogens is 1. The van der Waals surface area contributed by atoms with E-state index in [2.05, 4.69) is 5.32 Å². The molecule has 0 saturated carbocycles. The van der Waals surface area contributed by atoms with Gasteiger partial charge >= 0.3 is 0 Å². The highest BCUT2D eigenvalue weighted by Crippen LogP contribution is 2.08. The third-order valence-corrected chi connectivity index (χ3v) is 3.11. The highest BCUT2D eigenvalue weighted by Gasteiger charge is 2.24. The van der Waals surface area contributed by atoms with Gasteiger partial charge in [-0.3, -0.25) is 9.59 Å². The number of piperazine rings is 1. The van der Waals surface area contributed by atoms with E-state index < -0.39 is 0 Å². The van der Waals surface area contributed by atoms with Crippen molar-refractivity contribution in [3.63, 3.8) is 0 Å². The molecule has 1 amide bonds. The van der Waals surface area contributed by atoms with E-state index in [0.717, 1.165) is 13.1 Å². The topological polar surface area (TPSA) is 54.3 Å². The summed E-state index contributed by atoms with van der Waals surface area (Å²) in [5.74, 6) is -0.0586. The maximum Gasteiger partial charge on any atom is 0.254 e. The SMILES string of the molecule is C[C@@H]1CNCCN1C(=O)c1ccn(C)c(=O)c1.Cl. The molecule has 0 bridgehead atoms. The molecule has 0 unspecified atom stereocenters. The number of carbonyl (C=O) groups excluding carboxylic acids is 1. The molecule has 1 aliphatic heterocycles. The number of halogens is 1. The summed E-state index contributed by atoms with van der Waals surface area (Å²) < 4.78 is 1.46. The largest absolute Gasteiger partial charge is 0.333 e. The van der Waals surface area contributed by atoms with Crippen LogP contribution in [0.5, 0.6) is 0 Å². The van der Waals surface area contributed by atoms with E-state index in [9.17, 15) is 9.59 Å². The Labute approximate surface area is 112 Å². The number of amides is 1. The fourth-order valence-electron chi connectivity index (χ4n) is 1.99. The quantitative estimate of drug-likeness (QED) is 0.796. The van der Waals surface area contributed by atoms with Gasteiger partial charge in [-0.2, -0.15) is 0 Å². The molecule has 1 N–H and O–H groups in total. The number of nitrogens with one attached hydrogen (secondary N) is 1. The van der Waals surface area contributed by atoms with E-state index in [1.165, 1.54) is 10.6 Å². The number of hydrogen-bond donors (Lipinski definition) is 1. The molecule has 1 atom stereocenters. The summed E-state index contributed by atoms with van der Waals surface area (Å²) in [5, 5.41) is 3.23. The molecule has 1 saturated heterocycles. The third-order valence-electron chi connectivity index (χ3n) is 3.11. The molecule has 1 fully saturated rings. The van der Waals surface area contributed by atoms with Crippen LogP contribution in [0.25, 0.3) is 0 Å².